The summed E-state index contributed by atoms with van der Waals surface area (Å²) >= 11 is 0. The predicted octanol–water partition coefficient (Wildman–Crippen LogP) is -1.98. The van der Waals surface area contributed by atoms with Gasteiger partial charge in [-0.15, -0.1) is 0 Å². The monoisotopic (exact) mass is 267 g/mol. The van der Waals surface area contributed by atoms with Crippen LogP contribution in [0, 0.1) is 0 Å². The van der Waals surface area contributed by atoms with Crippen molar-refractivity contribution in [2.75, 3.05) is 12.3 Å². The van der Waals surface area contributed by atoms with Gasteiger partial charge in [0.1, 0.15) is 30.2 Å². The number of hydrogen-bond donors (Lipinski definition) is 4. The Kier molecular flexibility index (Phi) is 2.82. The summed E-state index contributed by atoms with van der Waals surface area (Å²) in [6.07, 6.45) is -1.42. The minimum Gasteiger partial charge on any atom is -0.394 e. The van der Waals surface area contributed by atoms with Gasteiger partial charge in [0.2, 0.25) is 0 Å². The van der Waals surface area contributed by atoms with Gasteiger partial charge in [0.15, 0.2) is 17.7 Å². The van der Waals surface area contributed by atoms with Gasteiger partial charge >= 0.3 is 0 Å². The first-order chi connectivity index (χ1) is 9.13. The van der Waals surface area contributed by atoms with Gasteiger partial charge < -0.3 is 25.8 Å². The van der Waals surface area contributed by atoms with Crippen LogP contribution in [0.1, 0.15) is 6.23 Å². The molecular formula is C10H13N5O4. The van der Waals surface area contributed by atoms with Crippen molar-refractivity contribution in [1.82, 2.24) is 19.5 Å². The van der Waals surface area contributed by atoms with E-state index in [4.69, 9.17) is 15.6 Å². The largest absolute Gasteiger partial charge is 0.394 e. The lowest BCUT2D eigenvalue weighted by Crippen LogP contribution is -2.33. The fraction of sp³-hybridized carbons (Fsp3) is 0.500. The average Bonchev–Trinajstić information content (AvgIpc) is 2.94. The van der Waals surface area contributed by atoms with Crippen LogP contribution in [0.4, 0.5) is 5.82 Å². The molecule has 0 radical (unpaired) electrons. The second kappa shape index (κ2) is 4.38. The van der Waals surface area contributed by atoms with Crippen molar-refractivity contribution in [3.05, 3.63) is 12.7 Å². The van der Waals surface area contributed by atoms with Crippen molar-refractivity contribution in [3.8, 4) is 0 Å². The highest BCUT2D eigenvalue weighted by Gasteiger charge is 2.43. The van der Waals surface area contributed by atoms with Crippen LogP contribution in [-0.2, 0) is 4.74 Å². The molecule has 1 fully saturated rings. The van der Waals surface area contributed by atoms with E-state index in [-0.39, 0.29) is 5.82 Å². The molecule has 19 heavy (non-hydrogen) atoms. The van der Waals surface area contributed by atoms with E-state index in [0.29, 0.717) is 11.2 Å². The molecule has 1 aliphatic rings. The van der Waals surface area contributed by atoms with Gasteiger partial charge in [0, 0.05) is 0 Å². The first-order valence-corrected chi connectivity index (χ1v) is 5.69. The Morgan fingerprint density at radius 1 is 1.26 bits per heavy atom. The first kappa shape index (κ1) is 12.2. The smallest absolute Gasteiger partial charge is 0.167 e. The molecule has 0 spiro atoms. The maximum absolute atomic E-state index is 9.95. The quantitative estimate of drug-likeness (QED) is 0.491. The maximum Gasteiger partial charge on any atom is 0.167 e. The van der Waals surface area contributed by atoms with E-state index in [0.717, 1.165) is 0 Å². The Balaban J connectivity index is 2.04. The highest BCUT2D eigenvalue weighted by molar-refractivity contribution is 5.81. The summed E-state index contributed by atoms with van der Waals surface area (Å²) in [5.74, 6) is 0.218. The molecule has 4 atom stereocenters. The van der Waals surface area contributed by atoms with Crippen LogP contribution >= 0.6 is 0 Å². The van der Waals surface area contributed by atoms with E-state index < -0.39 is 31.1 Å². The number of ether oxygens (including phenoxy) is 1. The minimum atomic E-state index is -1.19. The standard InChI is InChI=1S/C10H13N5O4/c11-8-5-9(13-2-12-8)15(3-14-5)10-7(18)6(17)4(1-16)19-10/h2-4,6-7,10,16-18H,1H2,(H2,11,12,13)/t4-,6+,7-,10+/m1/s1. The van der Waals surface area contributed by atoms with Crippen LogP contribution in [0.3, 0.4) is 0 Å². The molecule has 0 bridgehead atoms. The second-order valence-electron chi connectivity index (χ2n) is 4.31. The van der Waals surface area contributed by atoms with Crippen LogP contribution in [0.25, 0.3) is 11.2 Å². The van der Waals surface area contributed by atoms with E-state index in [1.807, 2.05) is 0 Å². The molecule has 0 saturated carbocycles. The molecule has 0 unspecified atom stereocenters. The van der Waals surface area contributed by atoms with Crippen molar-refractivity contribution < 1.29 is 20.1 Å². The SMILES string of the molecule is Nc1ncnc2c1ncn2[C@H]1O[C@H](CO)[C@H](O)[C@H]1O. The van der Waals surface area contributed by atoms with E-state index in [9.17, 15) is 10.2 Å². The molecule has 3 heterocycles. The Bertz CT molecular complexity index is 603. The summed E-state index contributed by atoms with van der Waals surface area (Å²) in [4.78, 5) is 11.9. The number of aliphatic hydroxyl groups excluding tert-OH is 3. The van der Waals surface area contributed by atoms with Crippen molar-refractivity contribution in [1.29, 1.82) is 0 Å². The zero-order chi connectivity index (χ0) is 13.6. The third kappa shape index (κ3) is 1.75. The summed E-state index contributed by atoms with van der Waals surface area (Å²) in [5.41, 5.74) is 6.44. The third-order valence-electron chi connectivity index (χ3n) is 3.18. The number of nitrogens with zero attached hydrogens (tertiary/aromatic N) is 4. The fourth-order valence-corrected chi connectivity index (χ4v) is 2.17. The summed E-state index contributed by atoms with van der Waals surface area (Å²) in [5, 5.41) is 28.7. The molecule has 9 heteroatoms. The first-order valence-electron chi connectivity index (χ1n) is 5.69. The number of aliphatic hydroxyl groups is 3. The Hall–Kier alpha value is -1.81. The second-order valence-corrected chi connectivity index (χ2v) is 4.31. The van der Waals surface area contributed by atoms with Crippen molar-refractivity contribution >= 4 is 17.0 Å². The lowest BCUT2D eigenvalue weighted by molar-refractivity contribution is -0.0511. The van der Waals surface area contributed by atoms with Gasteiger partial charge in [-0.3, -0.25) is 4.57 Å². The average molecular weight is 267 g/mol. The number of nitrogens with two attached hydrogens (primary N) is 1. The Morgan fingerprint density at radius 3 is 2.74 bits per heavy atom. The lowest BCUT2D eigenvalue weighted by Gasteiger charge is -2.16. The molecule has 1 saturated heterocycles. The molecule has 0 aromatic carbocycles. The zero-order valence-corrected chi connectivity index (χ0v) is 9.79. The van der Waals surface area contributed by atoms with Gasteiger partial charge in [0.25, 0.3) is 0 Å². The van der Waals surface area contributed by atoms with Gasteiger partial charge in [0.05, 0.1) is 12.9 Å². The van der Waals surface area contributed by atoms with Crippen molar-refractivity contribution in [2.45, 2.75) is 24.5 Å². The van der Waals surface area contributed by atoms with Gasteiger partial charge in [-0.1, -0.05) is 0 Å². The molecule has 102 valence electrons. The van der Waals surface area contributed by atoms with Crippen molar-refractivity contribution in [3.63, 3.8) is 0 Å². The molecule has 9 nitrogen and oxygen atoms in total. The van der Waals surface area contributed by atoms with Crippen LogP contribution in [-0.4, -0.2) is 59.8 Å². The number of imidazole rings is 1. The lowest BCUT2D eigenvalue weighted by atomic mass is 10.1. The molecule has 2 aromatic heterocycles. The summed E-state index contributed by atoms with van der Waals surface area (Å²) in [7, 11) is 0. The molecule has 1 aliphatic heterocycles. The van der Waals surface area contributed by atoms with Gasteiger partial charge in [-0.25, -0.2) is 15.0 Å². The third-order valence-corrected chi connectivity index (χ3v) is 3.18. The molecule has 5 N–H and O–H groups in total. The number of aromatic nitrogens is 4. The molecule has 0 amide bonds. The zero-order valence-electron chi connectivity index (χ0n) is 9.79. The molecule has 2 aromatic rings. The van der Waals surface area contributed by atoms with Gasteiger partial charge in [-0.2, -0.15) is 0 Å². The van der Waals surface area contributed by atoms with Crippen LogP contribution in [0.2, 0.25) is 0 Å². The van der Waals surface area contributed by atoms with Crippen LogP contribution < -0.4 is 5.73 Å². The Morgan fingerprint density at radius 2 is 2.05 bits per heavy atom. The number of hydrogen-bond acceptors (Lipinski definition) is 8. The van der Waals surface area contributed by atoms with Crippen LogP contribution in [0.5, 0.6) is 0 Å². The molecule has 0 aliphatic carbocycles. The van der Waals surface area contributed by atoms with E-state index in [2.05, 4.69) is 15.0 Å². The van der Waals surface area contributed by atoms with E-state index in [1.165, 1.54) is 17.2 Å². The van der Waals surface area contributed by atoms with Crippen LogP contribution in [0.15, 0.2) is 12.7 Å². The van der Waals surface area contributed by atoms with E-state index >= 15 is 0 Å². The predicted molar refractivity (Wildman–Crippen MR) is 62.7 cm³/mol. The number of anilines is 1. The number of rotatable bonds is 2. The normalized spacial score (nSPS) is 31.1. The van der Waals surface area contributed by atoms with Gasteiger partial charge in [-0.05, 0) is 0 Å². The summed E-state index contributed by atoms with van der Waals surface area (Å²) in [6.45, 7) is -0.390. The van der Waals surface area contributed by atoms with Crippen molar-refractivity contribution in [2.24, 2.45) is 0 Å². The minimum absolute atomic E-state index is 0.218. The summed E-state index contributed by atoms with van der Waals surface area (Å²) < 4.78 is 6.85. The fourth-order valence-electron chi connectivity index (χ4n) is 2.17. The Labute approximate surface area is 107 Å². The topological polar surface area (TPSA) is 140 Å². The van der Waals surface area contributed by atoms with E-state index in [1.54, 1.807) is 0 Å². The number of fused-ring (bicyclic) bond motifs is 1. The highest BCUT2D eigenvalue weighted by atomic mass is 16.6. The molecule has 3 rings (SSSR count). The highest BCUT2D eigenvalue weighted by Crippen LogP contribution is 2.31. The maximum atomic E-state index is 9.95. The summed E-state index contributed by atoms with van der Waals surface area (Å²) in [6, 6.07) is 0. The molecular weight excluding hydrogens is 254 g/mol. The number of nitrogen functional groups attached to an aromatic ring is 1.